The van der Waals surface area contributed by atoms with E-state index >= 15 is 0 Å². The molecule has 0 bridgehead atoms. The molecule has 66 valence electrons. The maximum atomic E-state index is 5.87. The van der Waals surface area contributed by atoms with Gasteiger partial charge in [-0.15, -0.1) is 0 Å². The molecule has 3 heteroatoms. The first-order valence-electron chi connectivity index (χ1n) is 3.85. The van der Waals surface area contributed by atoms with E-state index in [0.717, 1.165) is 21.5 Å². The summed E-state index contributed by atoms with van der Waals surface area (Å²) in [5.74, 6) is 0. The summed E-state index contributed by atoms with van der Waals surface area (Å²) in [5.41, 5.74) is 6.98. The molecule has 0 radical (unpaired) electrons. The third-order valence-corrected chi connectivity index (χ3v) is 2.72. The van der Waals surface area contributed by atoms with Crippen LogP contribution >= 0.6 is 27.5 Å². The predicted octanol–water partition coefficient (Wildman–Crippen LogP) is 3.51. The molecule has 0 fully saturated rings. The molecule has 1 aromatic carbocycles. The van der Waals surface area contributed by atoms with E-state index in [-0.39, 0.29) is 6.04 Å². The van der Waals surface area contributed by atoms with Crippen LogP contribution in [0.15, 0.2) is 22.7 Å². The average molecular weight is 249 g/mol. The Morgan fingerprint density at radius 2 is 2.25 bits per heavy atom. The van der Waals surface area contributed by atoms with Gasteiger partial charge in [0.1, 0.15) is 0 Å². The number of hydrogen-bond acceptors (Lipinski definition) is 1. The SMILES string of the molecule is CC[C@@H](N)c1ccc(Cl)cc1Br. The highest BCUT2D eigenvalue weighted by Gasteiger charge is 2.07. The van der Waals surface area contributed by atoms with E-state index in [1.807, 2.05) is 18.2 Å². The van der Waals surface area contributed by atoms with Gasteiger partial charge < -0.3 is 5.73 Å². The van der Waals surface area contributed by atoms with Gasteiger partial charge in [-0.2, -0.15) is 0 Å². The highest BCUT2D eigenvalue weighted by atomic mass is 79.9. The molecule has 0 unspecified atom stereocenters. The van der Waals surface area contributed by atoms with Crippen molar-refractivity contribution in [2.75, 3.05) is 0 Å². The van der Waals surface area contributed by atoms with Gasteiger partial charge in [0.15, 0.2) is 0 Å². The molecular weight excluding hydrogens is 237 g/mol. The van der Waals surface area contributed by atoms with Crippen molar-refractivity contribution in [2.24, 2.45) is 5.73 Å². The minimum Gasteiger partial charge on any atom is -0.324 e. The van der Waals surface area contributed by atoms with E-state index in [1.165, 1.54) is 0 Å². The lowest BCUT2D eigenvalue weighted by atomic mass is 10.1. The molecule has 0 spiro atoms. The Morgan fingerprint density at radius 1 is 1.58 bits per heavy atom. The highest BCUT2D eigenvalue weighted by molar-refractivity contribution is 9.10. The molecule has 1 atom stereocenters. The Morgan fingerprint density at radius 3 is 2.75 bits per heavy atom. The molecule has 1 aromatic rings. The lowest BCUT2D eigenvalue weighted by molar-refractivity contribution is 0.695. The van der Waals surface area contributed by atoms with Crippen molar-refractivity contribution >= 4 is 27.5 Å². The third-order valence-electron chi connectivity index (χ3n) is 1.80. The van der Waals surface area contributed by atoms with E-state index in [0.29, 0.717) is 0 Å². The van der Waals surface area contributed by atoms with Crippen LogP contribution in [0.4, 0.5) is 0 Å². The standard InChI is InChI=1S/C9H11BrClN/c1-2-9(12)7-4-3-6(11)5-8(7)10/h3-5,9H,2,12H2,1H3/t9-/m1/s1. The Labute approximate surface area is 86.0 Å². The molecule has 0 heterocycles. The molecule has 12 heavy (non-hydrogen) atoms. The zero-order valence-corrected chi connectivity index (χ0v) is 9.19. The molecule has 1 nitrogen and oxygen atoms in total. The Hall–Kier alpha value is -0.0500. The van der Waals surface area contributed by atoms with Crippen LogP contribution in [0.3, 0.4) is 0 Å². The number of rotatable bonds is 2. The third kappa shape index (κ3) is 2.22. The predicted molar refractivity (Wildman–Crippen MR) is 56.4 cm³/mol. The Bertz CT molecular complexity index is 275. The van der Waals surface area contributed by atoms with E-state index < -0.39 is 0 Å². The van der Waals surface area contributed by atoms with Crippen LogP contribution in [-0.2, 0) is 0 Å². The molecule has 0 aliphatic carbocycles. The molecule has 0 aliphatic rings. The Kier molecular flexibility index (Phi) is 3.56. The van der Waals surface area contributed by atoms with E-state index in [4.69, 9.17) is 17.3 Å². The fourth-order valence-electron chi connectivity index (χ4n) is 1.02. The maximum absolute atomic E-state index is 5.87. The first-order chi connectivity index (χ1) is 5.65. The summed E-state index contributed by atoms with van der Waals surface area (Å²) >= 11 is 9.22. The lowest BCUT2D eigenvalue weighted by Crippen LogP contribution is -2.08. The fraction of sp³-hybridized carbons (Fsp3) is 0.333. The van der Waals surface area contributed by atoms with Gasteiger partial charge in [-0.05, 0) is 24.1 Å². The van der Waals surface area contributed by atoms with E-state index in [1.54, 1.807) is 0 Å². The monoisotopic (exact) mass is 247 g/mol. The van der Waals surface area contributed by atoms with Crippen molar-refractivity contribution in [1.82, 2.24) is 0 Å². The lowest BCUT2D eigenvalue weighted by Gasteiger charge is -2.11. The van der Waals surface area contributed by atoms with Crippen molar-refractivity contribution in [1.29, 1.82) is 0 Å². The largest absolute Gasteiger partial charge is 0.324 e. The van der Waals surface area contributed by atoms with Crippen LogP contribution in [0.2, 0.25) is 5.02 Å². The number of nitrogens with two attached hydrogens (primary N) is 1. The van der Waals surface area contributed by atoms with Crippen LogP contribution in [0.5, 0.6) is 0 Å². The molecule has 1 rings (SSSR count). The maximum Gasteiger partial charge on any atom is 0.0417 e. The van der Waals surface area contributed by atoms with Crippen LogP contribution in [-0.4, -0.2) is 0 Å². The van der Waals surface area contributed by atoms with Gasteiger partial charge in [0.25, 0.3) is 0 Å². The minimum absolute atomic E-state index is 0.0941. The second kappa shape index (κ2) is 4.26. The van der Waals surface area contributed by atoms with Gasteiger partial charge in [-0.25, -0.2) is 0 Å². The van der Waals surface area contributed by atoms with Gasteiger partial charge in [0.2, 0.25) is 0 Å². The fourth-order valence-corrected chi connectivity index (χ4v) is 2.00. The van der Waals surface area contributed by atoms with Gasteiger partial charge in [0, 0.05) is 15.5 Å². The van der Waals surface area contributed by atoms with Crippen LogP contribution in [0.25, 0.3) is 0 Å². The zero-order valence-electron chi connectivity index (χ0n) is 6.85. The van der Waals surface area contributed by atoms with Crippen LogP contribution in [0, 0.1) is 0 Å². The summed E-state index contributed by atoms with van der Waals surface area (Å²) in [5, 5.41) is 0.730. The summed E-state index contributed by atoms with van der Waals surface area (Å²) in [7, 11) is 0. The van der Waals surface area contributed by atoms with Gasteiger partial charge in [0.05, 0.1) is 0 Å². The Balaban J connectivity index is 3.01. The molecular formula is C9H11BrClN. The molecule has 0 amide bonds. The van der Waals surface area contributed by atoms with E-state index in [2.05, 4.69) is 22.9 Å². The molecule has 0 aliphatic heterocycles. The van der Waals surface area contributed by atoms with Gasteiger partial charge in [-0.1, -0.05) is 40.5 Å². The smallest absolute Gasteiger partial charge is 0.0417 e. The van der Waals surface area contributed by atoms with Crippen LogP contribution < -0.4 is 5.73 Å². The van der Waals surface area contributed by atoms with Crippen molar-refractivity contribution in [3.63, 3.8) is 0 Å². The van der Waals surface area contributed by atoms with Crippen LogP contribution in [0.1, 0.15) is 24.9 Å². The topological polar surface area (TPSA) is 26.0 Å². The first kappa shape index (κ1) is 10.0. The number of benzene rings is 1. The normalized spacial score (nSPS) is 13.0. The van der Waals surface area contributed by atoms with Crippen molar-refractivity contribution in [3.05, 3.63) is 33.3 Å². The molecule has 0 aromatic heterocycles. The van der Waals surface area contributed by atoms with E-state index in [9.17, 15) is 0 Å². The minimum atomic E-state index is 0.0941. The summed E-state index contributed by atoms with van der Waals surface area (Å²) in [6, 6.07) is 5.78. The van der Waals surface area contributed by atoms with Gasteiger partial charge >= 0.3 is 0 Å². The molecule has 0 saturated heterocycles. The summed E-state index contributed by atoms with van der Waals surface area (Å²) in [4.78, 5) is 0. The second-order valence-electron chi connectivity index (χ2n) is 2.68. The number of halogens is 2. The van der Waals surface area contributed by atoms with Gasteiger partial charge in [-0.3, -0.25) is 0 Å². The van der Waals surface area contributed by atoms with Crippen molar-refractivity contribution < 1.29 is 0 Å². The van der Waals surface area contributed by atoms with Crippen molar-refractivity contribution in [2.45, 2.75) is 19.4 Å². The van der Waals surface area contributed by atoms with Crippen molar-refractivity contribution in [3.8, 4) is 0 Å². The zero-order chi connectivity index (χ0) is 9.14. The first-order valence-corrected chi connectivity index (χ1v) is 5.02. The molecule has 0 saturated carbocycles. The summed E-state index contributed by atoms with van der Waals surface area (Å²) in [6.45, 7) is 2.06. The summed E-state index contributed by atoms with van der Waals surface area (Å²) in [6.07, 6.45) is 0.931. The average Bonchev–Trinajstić information content (AvgIpc) is 2.03. The summed E-state index contributed by atoms with van der Waals surface area (Å²) < 4.78 is 0.990. The quantitative estimate of drug-likeness (QED) is 0.851. The highest BCUT2D eigenvalue weighted by Crippen LogP contribution is 2.26. The molecule has 2 N–H and O–H groups in total. The number of hydrogen-bond donors (Lipinski definition) is 1. The second-order valence-corrected chi connectivity index (χ2v) is 3.97.